The molecule has 114 valence electrons. The lowest BCUT2D eigenvalue weighted by Gasteiger charge is -2.16. The number of phenols is 1. The van der Waals surface area contributed by atoms with E-state index in [1.54, 1.807) is 0 Å². The van der Waals surface area contributed by atoms with Gasteiger partial charge in [-0.2, -0.15) is 0 Å². The minimum absolute atomic E-state index is 0.0403. The predicted octanol–water partition coefficient (Wildman–Crippen LogP) is 3.00. The lowest BCUT2D eigenvalue weighted by molar-refractivity contribution is -0.385. The molecule has 21 heavy (non-hydrogen) atoms. The van der Waals surface area contributed by atoms with Gasteiger partial charge in [0, 0.05) is 12.1 Å². The molecule has 6 nitrogen and oxygen atoms in total. The molecule has 2 unspecified atom stereocenters. The molecule has 0 aromatic heterocycles. The van der Waals surface area contributed by atoms with E-state index in [0.29, 0.717) is 5.92 Å². The lowest BCUT2D eigenvalue weighted by Crippen LogP contribution is -2.34. The number of nitro groups is 1. The number of nitrogens with one attached hydrogen (secondary N) is 1. The third-order valence-corrected chi connectivity index (χ3v) is 4.05. The van der Waals surface area contributed by atoms with E-state index in [4.69, 9.17) is 0 Å². The number of carbonyl (C=O) groups excluding carboxylic acids is 1. The van der Waals surface area contributed by atoms with Gasteiger partial charge in [-0.1, -0.05) is 25.8 Å². The Hall–Kier alpha value is -2.11. The minimum Gasteiger partial charge on any atom is -0.502 e. The summed E-state index contributed by atoms with van der Waals surface area (Å²) in [6, 6.07) is 4.05. The molecule has 1 amide bonds. The standard InChI is InChI=1S/C15H20N2O4/c1-10-4-2-5-11(9-8-10)16-15(19)12-6-3-7-13(14(12)18)17(20)21/h3,6-7,10-11,18H,2,4-5,8-9H2,1H3,(H,16,19). The second-order valence-electron chi connectivity index (χ2n) is 5.71. The highest BCUT2D eigenvalue weighted by Crippen LogP contribution is 2.29. The normalized spacial score (nSPS) is 22.3. The summed E-state index contributed by atoms with van der Waals surface area (Å²) < 4.78 is 0. The number of phenolic OH excluding ortho intramolecular Hbond substituents is 1. The van der Waals surface area contributed by atoms with Crippen LogP contribution in [-0.4, -0.2) is 22.0 Å². The number of carbonyl (C=O) groups is 1. The van der Waals surface area contributed by atoms with Crippen LogP contribution in [0.2, 0.25) is 0 Å². The van der Waals surface area contributed by atoms with Crippen LogP contribution in [0.25, 0.3) is 0 Å². The van der Waals surface area contributed by atoms with E-state index in [9.17, 15) is 20.0 Å². The van der Waals surface area contributed by atoms with E-state index in [0.717, 1.165) is 32.1 Å². The molecular weight excluding hydrogens is 272 g/mol. The molecule has 2 rings (SSSR count). The van der Waals surface area contributed by atoms with Crippen LogP contribution in [-0.2, 0) is 0 Å². The zero-order valence-corrected chi connectivity index (χ0v) is 12.0. The van der Waals surface area contributed by atoms with Crippen molar-refractivity contribution in [2.24, 2.45) is 5.92 Å². The second-order valence-corrected chi connectivity index (χ2v) is 5.71. The third kappa shape index (κ3) is 3.71. The molecule has 0 saturated heterocycles. The zero-order valence-electron chi connectivity index (χ0n) is 12.0. The van der Waals surface area contributed by atoms with E-state index < -0.39 is 22.3 Å². The smallest absolute Gasteiger partial charge is 0.311 e. The fourth-order valence-corrected chi connectivity index (χ4v) is 2.76. The van der Waals surface area contributed by atoms with Crippen molar-refractivity contribution < 1.29 is 14.8 Å². The Morgan fingerprint density at radius 3 is 2.81 bits per heavy atom. The molecule has 0 spiro atoms. The maximum atomic E-state index is 12.2. The maximum Gasteiger partial charge on any atom is 0.311 e. The van der Waals surface area contributed by atoms with Gasteiger partial charge in [0.15, 0.2) is 0 Å². The van der Waals surface area contributed by atoms with Crippen molar-refractivity contribution in [3.05, 3.63) is 33.9 Å². The molecule has 1 aliphatic rings. The first-order chi connectivity index (χ1) is 9.99. The zero-order chi connectivity index (χ0) is 15.4. The summed E-state index contributed by atoms with van der Waals surface area (Å²) in [7, 11) is 0. The van der Waals surface area contributed by atoms with Crippen molar-refractivity contribution in [3.8, 4) is 5.75 Å². The van der Waals surface area contributed by atoms with Crippen LogP contribution < -0.4 is 5.32 Å². The fourth-order valence-electron chi connectivity index (χ4n) is 2.76. The van der Waals surface area contributed by atoms with Crippen LogP contribution in [0.3, 0.4) is 0 Å². The van der Waals surface area contributed by atoms with Crippen LogP contribution >= 0.6 is 0 Å². The van der Waals surface area contributed by atoms with Crippen LogP contribution in [0.1, 0.15) is 49.4 Å². The van der Waals surface area contributed by atoms with Crippen molar-refractivity contribution >= 4 is 11.6 Å². The van der Waals surface area contributed by atoms with Gasteiger partial charge in [-0.05, 0) is 31.2 Å². The van der Waals surface area contributed by atoms with Gasteiger partial charge in [-0.15, -0.1) is 0 Å². The van der Waals surface area contributed by atoms with Crippen molar-refractivity contribution in [1.29, 1.82) is 0 Å². The van der Waals surface area contributed by atoms with Gasteiger partial charge in [0.25, 0.3) is 5.91 Å². The topological polar surface area (TPSA) is 92.5 Å². The fraction of sp³-hybridized carbons (Fsp3) is 0.533. The summed E-state index contributed by atoms with van der Waals surface area (Å²) in [5.41, 5.74) is -0.487. The SMILES string of the molecule is CC1CCCC(NC(=O)c2cccc([N+](=O)[O-])c2O)CC1. The molecule has 1 aliphatic carbocycles. The molecule has 2 N–H and O–H groups in total. The van der Waals surface area contributed by atoms with Crippen LogP contribution in [0.5, 0.6) is 5.75 Å². The summed E-state index contributed by atoms with van der Waals surface area (Å²) in [5, 5.41) is 23.5. The Morgan fingerprint density at radius 1 is 1.33 bits per heavy atom. The lowest BCUT2D eigenvalue weighted by atomic mass is 10.0. The number of amides is 1. The number of nitro benzene ring substituents is 1. The molecular formula is C15H20N2O4. The van der Waals surface area contributed by atoms with E-state index in [2.05, 4.69) is 12.2 Å². The second kappa shape index (κ2) is 6.56. The van der Waals surface area contributed by atoms with Crippen molar-refractivity contribution in [2.45, 2.75) is 45.1 Å². The average Bonchev–Trinajstić information content (AvgIpc) is 2.63. The number of para-hydroxylation sites is 1. The average molecular weight is 292 g/mol. The van der Waals surface area contributed by atoms with Crippen LogP contribution in [0.4, 0.5) is 5.69 Å². The quantitative estimate of drug-likeness (QED) is 0.509. The first kappa shape index (κ1) is 15.3. The Morgan fingerprint density at radius 2 is 2.10 bits per heavy atom. The van der Waals surface area contributed by atoms with Gasteiger partial charge < -0.3 is 10.4 Å². The van der Waals surface area contributed by atoms with Crippen molar-refractivity contribution in [3.63, 3.8) is 0 Å². The minimum atomic E-state index is -0.695. The monoisotopic (exact) mass is 292 g/mol. The van der Waals surface area contributed by atoms with Crippen molar-refractivity contribution in [1.82, 2.24) is 5.32 Å². The van der Waals surface area contributed by atoms with E-state index in [1.165, 1.54) is 18.2 Å². The maximum absolute atomic E-state index is 12.2. The molecule has 0 radical (unpaired) electrons. The van der Waals surface area contributed by atoms with Gasteiger partial charge in [-0.3, -0.25) is 14.9 Å². The number of aromatic hydroxyl groups is 1. The highest BCUT2D eigenvalue weighted by molar-refractivity contribution is 5.98. The molecule has 6 heteroatoms. The van der Waals surface area contributed by atoms with Crippen LogP contribution in [0, 0.1) is 16.0 Å². The van der Waals surface area contributed by atoms with Gasteiger partial charge >= 0.3 is 5.69 Å². The molecule has 2 atom stereocenters. The number of benzene rings is 1. The Kier molecular flexibility index (Phi) is 4.77. The highest BCUT2D eigenvalue weighted by atomic mass is 16.6. The molecule has 1 aromatic rings. The summed E-state index contributed by atoms with van der Waals surface area (Å²) in [6.45, 7) is 2.20. The van der Waals surface area contributed by atoms with Crippen LogP contribution in [0.15, 0.2) is 18.2 Å². The molecule has 1 saturated carbocycles. The summed E-state index contributed by atoms with van der Waals surface area (Å²) in [5.74, 6) is -0.351. The Bertz CT molecular complexity index is 544. The molecule has 1 aromatic carbocycles. The van der Waals surface area contributed by atoms with Crippen molar-refractivity contribution in [2.75, 3.05) is 0 Å². The highest BCUT2D eigenvalue weighted by Gasteiger charge is 2.23. The van der Waals surface area contributed by atoms with E-state index >= 15 is 0 Å². The predicted molar refractivity (Wildman–Crippen MR) is 78.3 cm³/mol. The molecule has 0 aliphatic heterocycles. The molecule has 1 fully saturated rings. The van der Waals surface area contributed by atoms with E-state index in [1.807, 2.05) is 0 Å². The third-order valence-electron chi connectivity index (χ3n) is 4.05. The van der Waals surface area contributed by atoms with Gasteiger partial charge in [-0.25, -0.2) is 0 Å². The number of hydrogen-bond acceptors (Lipinski definition) is 4. The van der Waals surface area contributed by atoms with E-state index in [-0.39, 0.29) is 11.6 Å². The Balaban J connectivity index is 2.10. The summed E-state index contributed by atoms with van der Waals surface area (Å²) >= 11 is 0. The van der Waals surface area contributed by atoms with Gasteiger partial charge in [0.05, 0.1) is 10.5 Å². The summed E-state index contributed by atoms with van der Waals surface area (Å²) in [6.07, 6.45) is 5.10. The molecule has 0 heterocycles. The number of hydrogen-bond donors (Lipinski definition) is 2. The first-order valence-electron chi connectivity index (χ1n) is 7.26. The molecule has 0 bridgehead atoms. The van der Waals surface area contributed by atoms with Gasteiger partial charge in [0.1, 0.15) is 0 Å². The number of nitrogens with zero attached hydrogens (tertiary/aromatic N) is 1. The number of rotatable bonds is 3. The van der Waals surface area contributed by atoms with Gasteiger partial charge in [0.2, 0.25) is 5.75 Å². The first-order valence-corrected chi connectivity index (χ1v) is 7.26. The largest absolute Gasteiger partial charge is 0.502 e. The summed E-state index contributed by atoms with van der Waals surface area (Å²) in [4.78, 5) is 22.3. The Labute approximate surface area is 123 Å².